The van der Waals surface area contributed by atoms with Crippen LogP contribution in [-0.4, -0.2) is 33.0 Å². The van der Waals surface area contributed by atoms with E-state index in [1.54, 1.807) is 18.3 Å². The molecule has 5 rings (SSSR count). The zero-order valence-corrected chi connectivity index (χ0v) is 22.9. The smallest absolute Gasteiger partial charge is 0.326 e. The number of H-pyrrole nitrogens is 1. The lowest BCUT2D eigenvalue weighted by molar-refractivity contribution is -0.139. The third-order valence-electron chi connectivity index (χ3n) is 6.79. The van der Waals surface area contributed by atoms with Gasteiger partial charge in [-0.15, -0.1) is 11.3 Å². The average Bonchev–Trinajstić information content (AvgIpc) is 3.58. The number of para-hydroxylation sites is 2. The number of nitrogens with one attached hydrogen (secondary N) is 3. The minimum atomic E-state index is -1.13. The van der Waals surface area contributed by atoms with Crippen molar-refractivity contribution in [2.24, 2.45) is 0 Å². The van der Waals surface area contributed by atoms with E-state index in [0.717, 1.165) is 38.5 Å². The van der Waals surface area contributed by atoms with Crippen molar-refractivity contribution in [3.8, 4) is 11.1 Å². The number of amides is 1. The Balaban J connectivity index is 1.22. The van der Waals surface area contributed by atoms with E-state index in [2.05, 4.69) is 32.0 Å². The first kappa shape index (κ1) is 27.1. The number of anilines is 1. The van der Waals surface area contributed by atoms with E-state index in [1.165, 1.54) is 12.1 Å². The summed E-state index contributed by atoms with van der Waals surface area (Å²) in [6.45, 7) is 4.11. The summed E-state index contributed by atoms with van der Waals surface area (Å²) in [5.74, 6) is -1.34. The van der Waals surface area contributed by atoms with Crippen LogP contribution in [0.1, 0.15) is 38.8 Å². The summed E-state index contributed by atoms with van der Waals surface area (Å²) < 4.78 is 13.8. The normalized spacial score (nSPS) is 11.9. The monoisotopic (exact) mass is 556 g/mol. The van der Waals surface area contributed by atoms with Crippen LogP contribution in [-0.2, 0) is 24.2 Å². The van der Waals surface area contributed by atoms with Gasteiger partial charge in [-0.3, -0.25) is 4.79 Å². The van der Waals surface area contributed by atoms with Crippen molar-refractivity contribution in [2.45, 2.75) is 39.3 Å². The summed E-state index contributed by atoms with van der Waals surface area (Å²) in [7, 11) is 0. The number of nitrogens with zero attached hydrogens (tertiary/aromatic N) is 1. The summed E-state index contributed by atoms with van der Waals surface area (Å²) >= 11 is 1.65. The first-order valence-electron chi connectivity index (χ1n) is 13.0. The third kappa shape index (κ3) is 6.05. The predicted molar refractivity (Wildman–Crippen MR) is 156 cm³/mol. The van der Waals surface area contributed by atoms with E-state index in [1.807, 2.05) is 55.5 Å². The molecule has 0 fully saturated rings. The van der Waals surface area contributed by atoms with Crippen LogP contribution in [0.25, 0.3) is 22.2 Å². The summed E-state index contributed by atoms with van der Waals surface area (Å²) in [5.41, 5.74) is 6.12. The zero-order valence-electron chi connectivity index (χ0n) is 22.1. The first-order valence-corrected chi connectivity index (χ1v) is 13.9. The number of halogens is 1. The molecule has 1 amide bonds. The van der Waals surface area contributed by atoms with Gasteiger partial charge in [-0.2, -0.15) is 0 Å². The molecule has 0 aliphatic heterocycles. The molecule has 7 nitrogen and oxygen atoms in total. The Morgan fingerprint density at radius 1 is 1.07 bits per heavy atom. The van der Waals surface area contributed by atoms with Crippen molar-refractivity contribution in [1.82, 2.24) is 15.3 Å². The number of aliphatic carboxylic acids is 1. The molecule has 2 aromatic heterocycles. The number of hydrogen-bond acceptors (Lipinski definition) is 5. The quantitative estimate of drug-likeness (QED) is 0.161. The van der Waals surface area contributed by atoms with Crippen molar-refractivity contribution in [3.05, 3.63) is 105 Å². The second-order valence-electron chi connectivity index (χ2n) is 9.63. The lowest BCUT2D eigenvalue weighted by atomic mass is 9.97. The van der Waals surface area contributed by atoms with Gasteiger partial charge in [-0.1, -0.05) is 43.3 Å². The molecule has 3 aromatic carbocycles. The van der Waals surface area contributed by atoms with Gasteiger partial charge in [0.05, 0.1) is 17.6 Å². The SMILES string of the molecule is CCc1cc(F)cc(C)c1C(=O)NC(Cc1ccc(-c2csc(CNc3nc4ccccc4[nH]3)c2)cc1)C(=O)O. The van der Waals surface area contributed by atoms with E-state index in [-0.39, 0.29) is 6.42 Å². The molecule has 204 valence electrons. The lowest BCUT2D eigenvalue weighted by Gasteiger charge is -2.18. The molecule has 2 heterocycles. The number of carbonyl (C=O) groups is 2. The molecule has 0 aliphatic carbocycles. The summed E-state index contributed by atoms with van der Waals surface area (Å²) in [6.07, 6.45) is 0.584. The zero-order chi connectivity index (χ0) is 28.2. The summed E-state index contributed by atoms with van der Waals surface area (Å²) in [5, 5.41) is 17.8. The van der Waals surface area contributed by atoms with E-state index in [9.17, 15) is 19.1 Å². The van der Waals surface area contributed by atoms with Gasteiger partial charge in [-0.25, -0.2) is 14.2 Å². The molecule has 0 bridgehead atoms. The molecule has 0 saturated carbocycles. The highest BCUT2D eigenvalue weighted by Gasteiger charge is 2.24. The predicted octanol–water partition coefficient (Wildman–Crippen LogP) is 6.34. The van der Waals surface area contributed by atoms with Gasteiger partial charge in [0, 0.05) is 16.9 Å². The molecule has 0 spiro atoms. The lowest BCUT2D eigenvalue weighted by Crippen LogP contribution is -2.42. The van der Waals surface area contributed by atoms with E-state index >= 15 is 0 Å². The van der Waals surface area contributed by atoms with Gasteiger partial charge in [0.2, 0.25) is 5.95 Å². The highest BCUT2D eigenvalue weighted by atomic mass is 32.1. The maximum absolute atomic E-state index is 13.8. The highest BCUT2D eigenvalue weighted by Crippen LogP contribution is 2.27. The number of imidazole rings is 1. The number of fused-ring (bicyclic) bond motifs is 1. The molecule has 0 saturated heterocycles. The fraction of sp³-hybridized carbons (Fsp3) is 0.194. The first-order chi connectivity index (χ1) is 19.3. The number of aromatic nitrogens is 2. The van der Waals surface area contributed by atoms with Crippen LogP contribution >= 0.6 is 11.3 Å². The standard InChI is InChI=1S/C31H29FN4O3S/c1-3-20-14-23(32)12-18(2)28(20)29(37)34-27(30(38)39)13-19-8-10-21(11-9-19)22-15-24(40-17-22)16-33-31-35-25-6-4-5-7-26(25)36-31/h4-12,14-15,17,27H,3,13,16H2,1-2H3,(H,34,37)(H,38,39)(H2,33,35,36). The number of hydrogen-bond donors (Lipinski definition) is 4. The second-order valence-corrected chi connectivity index (χ2v) is 10.6. The Morgan fingerprint density at radius 3 is 2.58 bits per heavy atom. The Bertz CT molecular complexity index is 1640. The summed E-state index contributed by atoms with van der Waals surface area (Å²) in [6, 6.07) is 19.1. The molecule has 40 heavy (non-hydrogen) atoms. The van der Waals surface area contributed by atoms with Gasteiger partial charge in [-0.05, 0) is 76.9 Å². The van der Waals surface area contributed by atoms with Crippen LogP contribution < -0.4 is 10.6 Å². The number of carbonyl (C=O) groups excluding carboxylic acids is 1. The largest absolute Gasteiger partial charge is 0.480 e. The number of rotatable bonds is 10. The van der Waals surface area contributed by atoms with Crippen LogP contribution in [0.15, 0.2) is 72.1 Å². The number of carboxylic acids is 1. The maximum atomic E-state index is 13.8. The Kier molecular flexibility index (Phi) is 7.93. The van der Waals surface area contributed by atoms with Gasteiger partial charge >= 0.3 is 5.97 Å². The van der Waals surface area contributed by atoms with Crippen molar-refractivity contribution >= 4 is 40.2 Å². The van der Waals surface area contributed by atoms with Gasteiger partial charge in [0.25, 0.3) is 5.91 Å². The Labute approximate surface area is 235 Å². The average molecular weight is 557 g/mol. The number of aryl methyl sites for hydroxylation is 2. The molecular formula is C31H29FN4O3S. The minimum Gasteiger partial charge on any atom is -0.480 e. The highest BCUT2D eigenvalue weighted by molar-refractivity contribution is 7.10. The Morgan fingerprint density at radius 2 is 1.85 bits per heavy atom. The van der Waals surface area contributed by atoms with Crippen LogP contribution in [0.5, 0.6) is 0 Å². The van der Waals surface area contributed by atoms with Crippen molar-refractivity contribution in [2.75, 3.05) is 5.32 Å². The number of benzene rings is 3. The number of aromatic amines is 1. The minimum absolute atomic E-state index is 0.124. The van der Waals surface area contributed by atoms with Crippen molar-refractivity contribution < 1.29 is 19.1 Å². The van der Waals surface area contributed by atoms with Crippen LogP contribution in [0, 0.1) is 12.7 Å². The second kappa shape index (κ2) is 11.7. The molecular weight excluding hydrogens is 527 g/mol. The topological polar surface area (TPSA) is 107 Å². The molecule has 0 radical (unpaired) electrons. The number of carboxylic acid groups (broad SMARTS) is 1. The molecule has 4 N–H and O–H groups in total. The molecule has 5 aromatic rings. The van der Waals surface area contributed by atoms with Crippen LogP contribution in [0.3, 0.4) is 0 Å². The van der Waals surface area contributed by atoms with Crippen molar-refractivity contribution in [1.29, 1.82) is 0 Å². The fourth-order valence-electron chi connectivity index (χ4n) is 4.75. The van der Waals surface area contributed by atoms with Crippen molar-refractivity contribution in [3.63, 3.8) is 0 Å². The van der Waals surface area contributed by atoms with Crippen LogP contribution in [0.4, 0.5) is 10.3 Å². The fourth-order valence-corrected chi connectivity index (χ4v) is 5.58. The molecule has 9 heteroatoms. The molecule has 1 atom stereocenters. The summed E-state index contributed by atoms with van der Waals surface area (Å²) in [4.78, 5) is 33.9. The maximum Gasteiger partial charge on any atom is 0.326 e. The Hall–Kier alpha value is -4.50. The third-order valence-corrected chi connectivity index (χ3v) is 7.73. The van der Waals surface area contributed by atoms with Gasteiger partial charge < -0.3 is 20.7 Å². The number of thiophene rings is 1. The van der Waals surface area contributed by atoms with Crippen LogP contribution in [0.2, 0.25) is 0 Å². The van der Waals surface area contributed by atoms with E-state index in [0.29, 0.717) is 29.7 Å². The van der Waals surface area contributed by atoms with Gasteiger partial charge in [0.1, 0.15) is 11.9 Å². The molecule has 1 unspecified atom stereocenters. The van der Waals surface area contributed by atoms with Gasteiger partial charge in [0.15, 0.2) is 0 Å². The van der Waals surface area contributed by atoms with E-state index in [4.69, 9.17) is 0 Å². The molecule has 0 aliphatic rings. The van der Waals surface area contributed by atoms with E-state index < -0.39 is 23.7 Å².